The van der Waals surface area contributed by atoms with Gasteiger partial charge in [-0.15, -0.1) is 0 Å². The lowest BCUT2D eigenvalue weighted by atomic mass is 9.92. The van der Waals surface area contributed by atoms with Gasteiger partial charge >= 0.3 is 5.97 Å². The van der Waals surface area contributed by atoms with Crippen molar-refractivity contribution in [2.24, 2.45) is 0 Å². The largest absolute Gasteiger partial charge is 0.496 e. The maximum atomic E-state index is 11.8. The number of esters is 1. The zero-order valence-corrected chi connectivity index (χ0v) is 11.7. The third-order valence-corrected chi connectivity index (χ3v) is 3.63. The van der Waals surface area contributed by atoms with Gasteiger partial charge in [-0.3, -0.25) is 4.79 Å². The number of fused-ring (bicyclic) bond motifs is 1. The van der Waals surface area contributed by atoms with Crippen LogP contribution in [0, 0.1) is 0 Å². The van der Waals surface area contributed by atoms with E-state index in [9.17, 15) is 4.79 Å². The molecule has 2 aromatic carbocycles. The molecule has 1 heterocycles. The molecule has 4 heteroatoms. The monoisotopic (exact) mass is 288 g/mol. The van der Waals surface area contributed by atoms with Crippen LogP contribution in [-0.4, -0.2) is 13.1 Å². The number of benzene rings is 2. The van der Waals surface area contributed by atoms with Crippen LogP contribution in [0.2, 0.25) is 5.02 Å². The van der Waals surface area contributed by atoms with E-state index in [-0.39, 0.29) is 12.4 Å². The number of rotatable bonds is 2. The van der Waals surface area contributed by atoms with Crippen LogP contribution in [0.5, 0.6) is 5.75 Å². The zero-order chi connectivity index (χ0) is 14.1. The molecule has 1 aliphatic rings. The first kappa shape index (κ1) is 13.0. The summed E-state index contributed by atoms with van der Waals surface area (Å²) in [7, 11) is 1.60. The number of cyclic esters (lactones) is 1. The molecule has 0 spiro atoms. The summed E-state index contributed by atoms with van der Waals surface area (Å²) in [5, 5.41) is 0.626. The van der Waals surface area contributed by atoms with E-state index in [0.717, 1.165) is 16.7 Å². The van der Waals surface area contributed by atoms with Crippen LogP contribution in [0.3, 0.4) is 0 Å². The Morgan fingerprint density at radius 3 is 2.80 bits per heavy atom. The third kappa shape index (κ3) is 2.25. The summed E-state index contributed by atoms with van der Waals surface area (Å²) >= 11 is 6.07. The first-order chi connectivity index (χ1) is 9.69. The molecule has 102 valence electrons. The fourth-order valence-electron chi connectivity index (χ4n) is 2.48. The highest BCUT2D eigenvalue weighted by atomic mass is 35.5. The van der Waals surface area contributed by atoms with Crippen LogP contribution in [-0.2, 0) is 16.0 Å². The predicted octanol–water partition coefficient (Wildman–Crippen LogP) is 3.54. The summed E-state index contributed by atoms with van der Waals surface area (Å²) in [6, 6.07) is 13.0. The van der Waals surface area contributed by atoms with Crippen molar-refractivity contribution in [3.63, 3.8) is 0 Å². The molecule has 20 heavy (non-hydrogen) atoms. The Balaban J connectivity index is 2.15. The fourth-order valence-corrected chi connectivity index (χ4v) is 2.66. The summed E-state index contributed by atoms with van der Waals surface area (Å²) in [5.41, 5.74) is 2.69. The topological polar surface area (TPSA) is 35.5 Å². The highest BCUT2D eigenvalue weighted by Gasteiger charge is 2.29. The molecule has 0 bridgehead atoms. The van der Waals surface area contributed by atoms with Crippen LogP contribution in [0.1, 0.15) is 22.8 Å². The molecule has 0 saturated carbocycles. The number of carbonyl (C=O) groups is 1. The van der Waals surface area contributed by atoms with E-state index in [1.807, 2.05) is 36.4 Å². The lowest BCUT2D eigenvalue weighted by molar-refractivity contribution is -0.148. The SMILES string of the molecule is COc1ccccc1C1OC(=O)Cc2ccc(Cl)cc21. The van der Waals surface area contributed by atoms with E-state index < -0.39 is 6.10 Å². The average Bonchev–Trinajstić information content (AvgIpc) is 2.47. The first-order valence-electron chi connectivity index (χ1n) is 6.30. The second-order valence-electron chi connectivity index (χ2n) is 4.63. The minimum Gasteiger partial charge on any atom is -0.496 e. The fraction of sp³-hybridized carbons (Fsp3) is 0.188. The number of ether oxygens (including phenoxy) is 2. The molecule has 0 amide bonds. The minimum absolute atomic E-state index is 0.240. The van der Waals surface area contributed by atoms with Crippen molar-refractivity contribution in [2.45, 2.75) is 12.5 Å². The standard InChI is InChI=1S/C16H13ClO3/c1-19-14-5-3-2-4-12(14)16-13-9-11(17)7-6-10(13)8-15(18)20-16/h2-7,9,16H,8H2,1H3. The van der Waals surface area contributed by atoms with Crippen molar-refractivity contribution in [3.8, 4) is 5.75 Å². The number of hydrogen-bond donors (Lipinski definition) is 0. The van der Waals surface area contributed by atoms with Crippen LogP contribution < -0.4 is 4.74 Å². The Morgan fingerprint density at radius 1 is 1.20 bits per heavy atom. The summed E-state index contributed by atoms with van der Waals surface area (Å²) in [6.07, 6.45) is -0.195. The molecule has 0 aliphatic carbocycles. The van der Waals surface area contributed by atoms with E-state index in [1.165, 1.54) is 0 Å². The molecule has 1 aliphatic heterocycles. The van der Waals surface area contributed by atoms with Gasteiger partial charge in [0.05, 0.1) is 13.5 Å². The van der Waals surface area contributed by atoms with Gasteiger partial charge in [-0.05, 0) is 23.8 Å². The van der Waals surface area contributed by atoms with Crippen molar-refractivity contribution >= 4 is 17.6 Å². The number of para-hydroxylation sites is 1. The number of hydrogen-bond acceptors (Lipinski definition) is 3. The Morgan fingerprint density at radius 2 is 2.00 bits per heavy atom. The summed E-state index contributed by atoms with van der Waals surface area (Å²) in [5.74, 6) is 0.453. The number of carbonyl (C=O) groups excluding carboxylic acids is 1. The normalized spacial score (nSPS) is 17.3. The van der Waals surface area contributed by atoms with Crippen molar-refractivity contribution in [3.05, 3.63) is 64.2 Å². The lowest BCUT2D eigenvalue weighted by Crippen LogP contribution is -2.22. The minimum atomic E-state index is -0.471. The van der Waals surface area contributed by atoms with E-state index in [0.29, 0.717) is 10.8 Å². The van der Waals surface area contributed by atoms with Crippen LogP contribution in [0.25, 0.3) is 0 Å². The van der Waals surface area contributed by atoms with Crippen molar-refractivity contribution in [1.82, 2.24) is 0 Å². The van der Waals surface area contributed by atoms with Crippen LogP contribution >= 0.6 is 11.6 Å². The van der Waals surface area contributed by atoms with Crippen molar-refractivity contribution in [1.29, 1.82) is 0 Å². The Kier molecular flexibility index (Phi) is 3.36. The molecule has 3 nitrogen and oxygen atoms in total. The predicted molar refractivity (Wildman–Crippen MR) is 76.1 cm³/mol. The molecule has 0 saturated heterocycles. The molecule has 0 radical (unpaired) electrons. The molecule has 0 fully saturated rings. The van der Waals surface area contributed by atoms with Gasteiger partial charge in [0.2, 0.25) is 0 Å². The van der Waals surface area contributed by atoms with E-state index in [2.05, 4.69) is 0 Å². The Hall–Kier alpha value is -2.00. The maximum absolute atomic E-state index is 11.8. The van der Waals surface area contributed by atoms with E-state index in [4.69, 9.17) is 21.1 Å². The highest BCUT2D eigenvalue weighted by Crippen LogP contribution is 2.38. The first-order valence-corrected chi connectivity index (χ1v) is 6.67. The number of halogens is 1. The number of methoxy groups -OCH3 is 1. The molecular formula is C16H13ClO3. The van der Waals surface area contributed by atoms with Crippen molar-refractivity contribution < 1.29 is 14.3 Å². The van der Waals surface area contributed by atoms with Crippen LogP contribution in [0.4, 0.5) is 0 Å². The molecule has 1 unspecified atom stereocenters. The molecular weight excluding hydrogens is 276 g/mol. The highest BCUT2D eigenvalue weighted by molar-refractivity contribution is 6.30. The van der Waals surface area contributed by atoms with Gasteiger partial charge in [-0.2, -0.15) is 0 Å². The average molecular weight is 289 g/mol. The van der Waals surface area contributed by atoms with Gasteiger partial charge < -0.3 is 9.47 Å². The van der Waals surface area contributed by atoms with Gasteiger partial charge in [0.1, 0.15) is 5.75 Å². The lowest BCUT2D eigenvalue weighted by Gasteiger charge is -2.27. The third-order valence-electron chi connectivity index (χ3n) is 3.40. The summed E-state index contributed by atoms with van der Waals surface area (Å²) in [4.78, 5) is 11.8. The maximum Gasteiger partial charge on any atom is 0.311 e. The Labute approximate surface area is 122 Å². The van der Waals surface area contributed by atoms with E-state index >= 15 is 0 Å². The second kappa shape index (κ2) is 5.17. The van der Waals surface area contributed by atoms with Crippen molar-refractivity contribution in [2.75, 3.05) is 7.11 Å². The molecule has 1 atom stereocenters. The molecule has 2 aromatic rings. The van der Waals surface area contributed by atoms with Gasteiger partial charge in [-0.25, -0.2) is 0 Å². The summed E-state index contributed by atoms with van der Waals surface area (Å²) in [6.45, 7) is 0. The zero-order valence-electron chi connectivity index (χ0n) is 10.9. The quantitative estimate of drug-likeness (QED) is 0.793. The van der Waals surface area contributed by atoms with Crippen LogP contribution in [0.15, 0.2) is 42.5 Å². The van der Waals surface area contributed by atoms with Gasteiger partial charge in [0.25, 0.3) is 0 Å². The van der Waals surface area contributed by atoms with Gasteiger partial charge in [0, 0.05) is 16.1 Å². The smallest absolute Gasteiger partial charge is 0.311 e. The van der Waals surface area contributed by atoms with Gasteiger partial charge in [0.15, 0.2) is 6.10 Å². The second-order valence-corrected chi connectivity index (χ2v) is 5.07. The Bertz CT molecular complexity index is 667. The summed E-state index contributed by atoms with van der Waals surface area (Å²) < 4.78 is 10.9. The van der Waals surface area contributed by atoms with Gasteiger partial charge in [-0.1, -0.05) is 35.9 Å². The molecule has 3 rings (SSSR count). The molecule has 0 aromatic heterocycles. The molecule has 0 N–H and O–H groups in total. The van der Waals surface area contributed by atoms with E-state index in [1.54, 1.807) is 13.2 Å².